The summed E-state index contributed by atoms with van der Waals surface area (Å²) >= 11 is 5.95. The van der Waals surface area contributed by atoms with Crippen LogP contribution < -0.4 is 15.0 Å². The normalized spacial score (nSPS) is 15.2. The minimum absolute atomic E-state index is 0.0156. The molecule has 0 bridgehead atoms. The van der Waals surface area contributed by atoms with E-state index in [0.29, 0.717) is 28.3 Å². The van der Waals surface area contributed by atoms with Gasteiger partial charge in [0.15, 0.2) is 11.5 Å². The number of benzene rings is 2. The highest BCUT2D eigenvalue weighted by Crippen LogP contribution is 2.33. The van der Waals surface area contributed by atoms with E-state index in [1.807, 2.05) is 0 Å². The molecule has 3 amide bonds. The third kappa shape index (κ3) is 3.66. The Hall–Kier alpha value is -3.25. The number of methoxy groups -OCH3 is 1. The fourth-order valence-corrected chi connectivity index (χ4v) is 2.98. The van der Waals surface area contributed by atoms with Crippen LogP contribution in [0.15, 0.2) is 54.8 Å². The highest BCUT2D eigenvalue weighted by molar-refractivity contribution is 6.32. The van der Waals surface area contributed by atoms with Gasteiger partial charge in [0.05, 0.1) is 12.8 Å². The second kappa shape index (κ2) is 7.55. The Labute approximate surface area is 161 Å². The first-order valence-electron chi connectivity index (χ1n) is 8.08. The van der Waals surface area contributed by atoms with Gasteiger partial charge in [-0.1, -0.05) is 23.7 Å². The van der Waals surface area contributed by atoms with Gasteiger partial charge in [-0.2, -0.15) is 0 Å². The van der Waals surface area contributed by atoms with Gasteiger partial charge < -0.3 is 15.2 Å². The number of carbonyl (C=O) groups is 2. The first-order valence-corrected chi connectivity index (χ1v) is 8.46. The Morgan fingerprint density at radius 3 is 2.74 bits per heavy atom. The number of anilines is 1. The summed E-state index contributed by atoms with van der Waals surface area (Å²) < 4.78 is 5.18. The Morgan fingerprint density at radius 1 is 1.30 bits per heavy atom. The van der Waals surface area contributed by atoms with Crippen molar-refractivity contribution in [1.82, 2.24) is 5.32 Å². The molecule has 138 valence electrons. The van der Waals surface area contributed by atoms with Crippen molar-refractivity contribution in [3.05, 3.63) is 70.9 Å². The van der Waals surface area contributed by atoms with Crippen LogP contribution in [0, 0.1) is 0 Å². The van der Waals surface area contributed by atoms with Gasteiger partial charge in [-0.05, 0) is 48.4 Å². The summed E-state index contributed by atoms with van der Waals surface area (Å²) in [6, 6.07) is 9.19. The van der Waals surface area contributed by atoms with Crippen molar-refractivity contribution in [2.24, 2.45) is 0 Å². The monoisotopic (exact) mass is 384 g/mol. The summed E-state index contributed by atoms with van der Waals surface area (Å²) in [6.07, 6.45) is 3.60. The number of aromatic hydroxyl groups is 1. The highest BCUT2D eigenvalue weighted by atomic mass is 35.5. The van der Waals surface area contributed by atoms with Crippen molar-refractivity contribution in [1.29, 1.82) is 0 Å². The molecule has 0 aromatic heterocycles. The molecule has 2 aromatic carbocycles. The number of hydrogen-bond donors (Lipinski definition) is 2. The number of phenols is 1. The van der Waals surface area contributed by atoms with Gasteiger partial charge in [-0.25, -0.2) is 9.69 Å². The summed E-state index contributed by atoms with van der Waals surface area (Å²) in [5.74, 6) is -0.217. The van der Waals surface area contributed by atoms with Crippen LogP contribution in [0.2, 0.25) is 5.02 Å². The number of imide groups is 1. The van der Waals surface area contributed by atoms with Crippen LogP contribution in [0.4, 0.5) is 10.5 Å². The van der Waals surface area contributed by atoms with Crippen LogP contribution in [0.1, 0.15) is 11.1 Å². The number of ether oxygens (including phenoxy) is 1. The third-order valence-electron chi connectivity index (χ3n) is 4.02. The van der Waals surface area contributed by atoms with E-state index in [2.05, 4.69) is 11.9 Å². The minimum Gasteiger partial charge on any atom is -0.504 e. The van der Waals surface area contributed by atoms with Crippen molar-refractivity contribution >= 4 is 35.3 Å². The molecule has 2 N–H and O–H groups in total. The zero-order valence-electron chi connectivity index (χ0n) is 14.5. The lowest BCUT2D eigenvalue weighted by molar-refractivity contribution is -0.113. The average Bonchev–Trinajstić information content (AvgIpc) is 2.91. The molecule has 0 saturated carbocycles. The summed E-state index contributed by atoms with van der Waals surface area (Å²) in [5.41, 5.74) is 1.68. The topological polar surface area (TPSA) is 78.9 Å². The van der Waals surface area contributed by atoms with Gasteiger partial charge in [0.2, 0.25) is 0 Å². The van der Waals surface area contributed by atoms with Crippen LogP contribution in [-0.4, -0.2) is 24.2 Å². The van der Waals surface area contributed by atoms with E-state index < -0.39 is 11.9 Å². The Kier molecular flexibility index (Phi) is 5.19. The lowest BCUT2D eigenvalue weighted by Crippen LogP contribution is -2.30. The molecular formula is C20H17ClN2O4. The van der Waals surface area contributed by atoms with Crippen molar-refractivity contribution in [3.8, 4) is 11.5 Å². The van der Waals surface area contributed by atoms with Crippen LogP contribution in [0.25, 0.3) is 6.08 Å². The number of amides is 3. The second-order valence-corrected chi connectivity index (χ2v) is 6.27. The second-order valence-electron chi connectivity index (χ2n) is 5.83. The fourth-order valence-electron chi connectivity index (χ4n) is 2.79. The van der Waals surface area contributed by atoms with Crippen LogP contribution >= 0.6 is 11.6 Å². The molecule has 0 aliphatic carbocycles. The number of hydrogen-bond acceptors (Lipinski definition) is 4. The molecule has 0 spiro atoms. The zero-order valence-corrected chi connectivity index (χ0v) is 15.3. The summed E-state index contributed by atoms with van der Waals surface area (Å²) in [7, 11) is 1.44. The maximum absolute atomic E-state index is 12.7. The van der Waals surface area contributed by atoms with Crippen molar-refractivity contribution in [2.45, 2.75) is 6.42 Å². The Morgan fingerprint density at radius 2 is 2.07 bits per heavy atom. The number of rotatable bonds is 5. The Bertz CT molecular complexity index is 968. The first kappa shape index (κ1) is 18.5. The molecular weight excluding hydrogens is 368 g/mol. The van der Waals surface area contributed by atoms with E-state index in [0.717, 1.165) is 4.90 Å². The molecule has 1 saturated heterocycles. The SMILES string of the molecule is C=CCc1cc(/C=C2\NC(=O)N(c3cccc(Cl)c3)C2=O)cc(OC)c1O. The maximum Gasteiger partial charge on any atom is 0.333 e. The number of nitrogens with one attached hydrogen (secondary N) is 1. The molecule has 2 aromatic rings. The van der Waals surface area contributed by atoms with Crippen LogP contribution in [0.5, 0.6) is 11.5 Å². The van der Waals surface area contributed by atoms with Crippen molar-refractivity contribution in [2.75, 3.05) is 12.0 Å². The van der Waals surface area contributed by atoms with E-state index in [9.17, 15) is 14.7 Å². The molecule has 0 unspecified atom stereocenters. The van der Waals surface area contributed by atoms with Gasteiger partial charge in [-0.3, -0.25) is 4.79 Å². The quantitative estimate of drug-likeness (QED) is 0.466. The van der Waals surface area contributed by atoms with Gasteiger partial charge in [-0.15, -0.1) is 6.58 Å². The molecule has 0 radical (unpaired) electrons. The predicted molar refractivity (Wildman–Crippen MR) is 104 cm³/mol. The highest BCUT2D eigenvalue weighted by Gasteiger charge is 2.35. The standard InChI is InChI=1S/C20H17ClN2O4/c1-3-5-13-8-12(10-17(27-2)18(13)24)9-16-19(25)23(20(26)22-16)15-7-4-6-14(21)11-15/h3-4,6-11,24H,1,5H2,2H3,(H,22,26)/b16-9-. The van der Waals surface area contributed by atoms with Gasteiger partial charge in [0.25, 0.3) is 5.91 Å². The first-order chi connectivity index (χ1) is 12.9. The lowest BCUT2D eigenvalue weighted by Gasteiger charge is -2.12. The number of nitrogens with zero attached hydrogens (tertiary/aromatic N) is 1. The van der Waals surface area contributed by atoms with Gasteiger partial charge in [0, 0.05) is 10.6 Å². The zero-order chi connectivity index (χ0) is 19.6. The van der Waals surface area contributed by atoms with E-state index in [1.54, 1.807) is 36.4 Å². The molecule has 1 aliphatic heterocycles. The summed E-state index contributed by atoms with van der Waals surface area (Å²) in [6.45, 7) is 3.66. The van der Waals surface area contributed by atoms with Gasteiger partial charge >= 0.3 is 6.03 Å². The molecule has 3 rings (SSSR count). The van der Waals surface area contributed by atoms with Crippen molar-refractivity contribution < 1.29 is 19.4 Å². The number of phenolic OH excluding ortho intramolecular Hbond substituents is 1. The van der Waals surface area contributed by atoms with Crippen LogP contribution in [-0.2, 0) is 11.2 Å². The molecule has 7 heteroatoms. The number of urea groups is 1. The Balaban J connectivity index is 1.98. The minimum atomic E-state index is -0.564. The molecule has 0 atom stereocenters. The smallest absolute Gasteiger partial charge is 0.333 e. The van der Waals surface area contributed by atoms with Gasteiger partial charge in [0.1, 0.15) is 5.70 Å². The lowest BCUT2D eigenvalue weighted by atomic mass is 10.0. The molecule has 1 aliphatic rings. The van der Waals surface area contributed by atoms with E-state index >= 15 is 0 Å². The van der Waals surface area contributed by atoms with E-state index in [1.165, 1.54) is 19.3 Å². The van der Waals surface area contributed by atoms with Crippen molar-refractivity contribution in [3.63, 3.8) is 0 Å². The molecule has 1 fully saturated rings. The fraction of sp³-hybridized carbons (Fsp3) is 0.100. The van der Waals surface area contributed by atoms with E-state index in [-0.39, 0.29) is 17.2 Å². The third-order valence-corrected chi connectivity index (χ3v) is 4.25. The molecule has 27 heavy (non-hydrogen) atoms. The number of carbonyl (C=O) groups excluding carboxylic acids is 2. The largest absolute Gasteiger partial charge is 0.504 e. The summed E-state index contributed by atoms with van der Waals surface area (Å²) in [4.78, 5) is 26.0. The number of allylic oxidation sites excluding steroid dienone is 1. The maximum atomic E-state index is 12.7. The predicted octanol–water partition coefficient (Wildman–Crippen LogP) is 3.88. The number of halogens is 1. The van der Waals surface area contributed by atoms with E-state index in [4.69, 9.17) is 16.3 Å². The average molecular weight is 385 g/mol. The van der Waals surface area contributed by atoms with Crippen LogP contribution in [0.3, 0.4) is 0 Å². The molecule has 6 nitrogen and oxygen atoms in total. The summed E-state index contributed by atoms with van der Waals surface area (Å²) in [5, 5.41) is 13.1. The molecule has 1 heterocycles.